The quantitative estimate of drug-likeness (QED) is 0.0860. The van der Waals surface area contributed by atoms with Gasteiger partial charge in [0.15, 0.2) is 5.58 Å². The number of ether oxygens (including phenoxy) is 2. The van der Waals surface area contributed by atoms with Gasteiger partial charge in [-0.1, -0.05) is 100.0 Å². The maximum Gasteiger partial charge on any atom is 0.743 e. The summed E-state index contributed by atoms with van der Waals surface area (Å²) in [6.07, 6.45) is 0. The number of hydrogen-bond donors (Lipinski definition) is 0. The molecule has 2 aliphatic rings. The van der Waals surface area contributed by atoms with Crippen LogP contribution in [0.5, 0.6) is 34.5 Å². The van der Waals surface area contributed by atoms with Gasteiger partial charge in [0.25, 0.3) is 5.70 Å². The molecule has 4 aromatic heterocycles. The summed E-state index contributed by atoms with van der Waals surface area (Å²) in [5.41, 5.74) is 4.10. The number of nitrogens with zero attached hydrogens (tertiary/aromatic N) is 6. The van der Waals surface area contributed by atoms with Crippen molar-refractivity contribution in [3.8, 4) is 63.1 Å². The Morgan fingerprint density at radius 2 is 1.21 bits per heavy atom. The summed E-state index contributed by atoms with van der Waals surface area (Å²) in [6.45, 7) is 18.5. The van der Waals surface area contributed by atoms with Crippen molar-refractivity contribution in [3.63, 3.8) is 0 Å². The average Bonchev–Trinajstić information content (AvgIpc) is 4.28. The zero-order valence-electron chi connectivity index (χ0n) is 39.8. The van der Waals surface area contributed by atoms with Crippen LogP contribution in [0.15, 0.2) is 144 Å². The summed E-state index contributed by atoms with van der Waals surface area (Å²) >= 11 is 7.91. The van der Waals surface area contributed by atoms with Crippen LogP contribution < -0.4 is 38.8 Å². The molecule has 356 valence electrons. The van der Waals surface area contributed by atoms with Crippen LogP contribution in [0.25, 0.3) is 70.7 Å². The van der Waals surface area contributed by atoms with E-state index in [1.54, 1.807) is 18.2 Å². The molecule has 0 saturated carbocycles. The van der Waals surface area contributed by atoms with E-state index in [9.17, 15) is 11.8 Å². The molecule has 10 aromatic rings. The zero-order chi connectivity index (χ0) is 49.9. The Labute approximate surface area is 428 Å². The summed E-state index contributed by atoms with van der Waals surface area (Å²) in [5, 5.41) is 14.4. The van der Waals surface area contributed by atoms with Crippen LogP contribution in [-0.2, 0) is 0 Å². The number of oxazole rings is 1. The summed E-state index contributed by atoms with van der Waals surface area (Å²) in [7, 11) is -2.43. The molecule has 0 unspecified atom stereocenters. The normalized spacial score (nSPS) is 13.6. The smallest absolute Gasteiger partial charge is 0.503 e. The molecule has 12 rings (SSSR count). The SMILES string of the molecule is [C-]#[N+]/C(c1nc2ccc(Cl)cc2o1)=c1\c2c(-c3cccc(OCC(C)C)c3)n(B3Oc4ccccc4O3)/c(=C(/C#N)c3nc4ccccc4s3)c2c(-c2cccc(OCC(C)C)c2)n1B1Oc2ccccc2O1. The van der Waals surface area contributed by atoms with E-state index < -0.39 is 14.5 Å². The lowest BCUT2D eigenvalue weighted by Crippen LogP contribution is -2.44. The highest BCUT2D eigenvalue weighted by atomic mass is 35.5. The van der Waals surface area contributed by atoms with E-state index in [0.717, 1.165) is 10.2 Å². The van der Waals surface area contributed by atoms with E-state index >= 15 is 0 Å². The van der Waals surface area contributed by atoms with Gasteiger partial charge >= 0.3 is 14.5 Å². The van der Waals surface area contributed by atoms with E-state index in [0.29, 0.717) is 113 Å². The third-order valence-electron chi connectivity index (χ3n) is 12.3. The van der Waals surface area contributed by atoms with E-state index in [-0.39, 0.29) is 29.0 Å². The number of nitriles is 1. The molecule has 6 heterocycles. The molecule has 0 radical (unpaired) electrons. The Morgan fingerprint density at radius 1 is 0.671 bits per heavy atom. The molecule has 0 fully saturated rings. The molecule has 0 N–H and O–H groups in total. The predicted octanol–water partition coefficient (Wildman–Crippen LogP) is 11.7. The maximum absolute atomic E-state index is 11.9. The monoisotopic (exact) mass is 998 g/mol. The van der Waals surface area contributed by atoms with E-state index in [1.807, 2.05) is 130 Å². The van der Waals surface area contributed by atoms with Gasteiger partial charge in [-0.15, -0.1) is 11.3 Å². The van der Waals surface area contributed by atoms with Gasteiger partial charge in [-0.2, -0.15) is 5.26 Å². The number of thiazole rings is 1. The van der Waals surface area contributed by atoms with Crippen LogP contribution in [0, 0.1) is 29.7 Å². The van der Waals surface area contributed by atoms with Gasteiger partial charge < -0.3 is 41.5 Å². The fourth-order valence-electron chi connectivity index (χ4n) is 9.23. The molecule has 6 aromatic carbocycles. The predicted molar refractivity (Wildman–Crippen MR) is 284 cm³/mol. The summed E-state index contributed by atoms with van der Waals surface area (Å²) in [6, 6.07) is 45.8. The minimum atomic E-state index is -1.23. The molecule has 0 spiro atoms. The molecule has 0 amide bonds. The van der Waals surface area contributed by atoms with Crippen LogP contribution in [-0.4, -0.2) is 46.6 Å². The second kappa shape index (κ2) is 18.6. The molecule has 0 bridgehead atoms. The van der Waals surface area contributed by atoms with Gasteiger partial charge in [0.05, 0.1) is 52.1 Å². The zero-order valence-corrected chi connectivity index (χ0v) is 41.4. The Hall–Kier alpha value is -8.56. The van der Waals surface area contributed by atoms with Gasteiger partial charge in [-0.05, 0) is 84.6 Å². The first-order valence-corrected chi connectivity index (χ1v) is 24.9. The highest BCUT2D eigenvalue weighted by Crippen LogP contribution is 2.43. The molecule has 13 nitrogen and oxygen atoms in total. The fourth-order valence-corrected chi connectivity index (χ4v) is 10.4. The number of benzene rings is 6. The number of aromatic nitrogens is 4. The molecular weight excluding hydrogens is 958 g/mol. The van der Waals surface area contributed by atoms with Gasteiger partial charge in [-0.25, -0.2) is 14.8 Å². The largest absolute Gasteiger partial charge is 0.743 e. The standard InChI is InChI=1S/C56H41B2ClN6O7S/c1-32(2)30-66-37-16-12-14-34(26-37)51-48-49(54(65(51)58-71-44-21-9-10-22-45(44)72-58)50(61-5)55-62-40-25-24-36(59)28-46(40)68-55)52(35-15-13-17-38(27-35)67-31-33(3)4)64(57-69-42-19-7-8-20-43(42)70-57)53(48)39(29-60)56-63-41-18-6-11-23-47(41)73-56/h6-28,32-33H,30-31H2,1-4H3/b53-39-,54-50+. The minimum absolute atomic E-state index is 0.00569. The van der Waals surface area contributed by atoms with Crippen molar-refractivity contribution < 1.29 is 32.5 Å². The number of hydrogen-bond acceptors (Lipinski definition) is 11. The Bertz CT molecular complexity index is 3920. The van der Waals surface area contributed by atoms with Crippen LogP contribution in [0.3, 0.4) is 0 Å². The first-order valence-electron chi connectivity index (χ1n) is 23.7. The minimum Gasteiger partial charge on any atom is -0.503 e. The van der Waals surface area contributed by atoms with Gasteiger partial charge in [0, 0.05) is 33.0 Å². The van der Waals surface area contributed by atoms with Crippen LogP contribution in [0.4, 0.5) is 0 Å². The van der Waals surface area contributed by atoms with E-state index in [2.05, 4.69) is 38.6 Å². The molecular formula is C56H41B2ClN6O7S. The van der Waals surface area contributed by atoms with E-state index in [1.165, 1.54) is 11.3 Å². The fraction of sp³-hybridized carbons (Fsp3) is 0.143. The number of rotatable bonds is 12. The van der Waals surface area contributed by atoms with Crippen molar-refractivity contribution in [2.45, 2.75) is 27.7 Å². The molecule has 0 atom stereocenters. The van der Waals surface area contributed by atoms with Crippen molar-refractivity contribution >= 4 is 80.8 Å². The first-order chi connectivity index (χ1) is 35.6. The second-order valence-electron chi connectivity index (χ2n) is 18.4. The third kappa shape index (κ3) is 8.15. The van der Waals surface area contributed by atoms with Gasteiger partial charge in [0.2, 0.25) is 5.89 Å². The first kappa shape index (κ1) is 45.6. The van der Waals surface area contributed by atoms with Crippen molar-refractivity contribution in [1.82, 2.24) is 18.9 Å². The van der Waals surface area contributed by atoms with Crippen LogP contribution in [0.1, 0.15) is 38.6 Å². The summed E-state index contributed by atoms with van der Waals surface area (Å²) < 4.78 is 51.3. The van der Waals surface area contributed by atoms with Gasteiger partial charge in [0.1, 0.15) is 56.7 Å². The lowest BCUT2D eigenvalue weighted by Gasteiger charge is -2.17. The third-order valence-corrected chi connectivity index (χ3v) is 13.6. The lowest BCUT2D eigenvalue weighted by atomic mass is 10.0. The maximum atomic E-state index is 11.9. The van der Waals surface area contributed by atoms with Gasteiger partial charge in [-0.3, -0.25) is 0 Å². The Morgan fingerprint density at radius 3 is 1.74 bits per heavy atom. The highest BCUT2D eigenvalue weighted by Gasteiger charge is 2.45. The topological polar surface area (TPSA) is 132 Å². The Kier molecular flexibility index (Phi) is 11.6. The van der Waals surface area contributed by atoms with E-state index in [4.69, 9.17) is 54.1 Å². The number of para-hydroxylation sites is 5. The Balaban J connectivity index is 1.34. The molecule has 17 heteroatoms. The average molecular weight is 999 g/mol. The molecule has 0 aliphatic carbocycles. The van der Waals surface area contributed by atoms with Crippen LogP contribution in [0.2, 0.25) is 5.02 Å². The lowest BCUT2D eigenvalue weighted by molar-refractivity contribution is 0.271. The highest BCUT2D eigenvalue weighted by molar-refractivity contribution is 7.19. The summed E-state index contributed by atoms with van der Waals surface area (Å²) in [4.78, 5) is 14.4. The number of fused-ring (bicyclic) bond motifs is 5. The van der Waals surface area contributed by atoms with Crippen molar-refractivity contribution in [2.24, 2.45) is 11.8 Å². The van der Waals surface area contributed by atoms with Crippen molar-refractivity contribution in [3.05, 3.63) is 178 Å². The molecule has 2 aliphatic heterocycles. The molecule has 73 heavy (non-hydrogen) atoms. The van der Waals surface area contributed by atoms with Crippen molar-refractivity contribution in [1.29, 1.82) is 5.26 Å². The molecule has 0 saturated heterocycles. The van der Waals surface area contributed by atoms with Crippen molar-refractivity contribution in [2.75, 3.05) is 13.2 Å². The number of halogens is 1. The summed E-state index contributed by atoms with van der Waals surface area (Å²) in [5.74, 6) is 3.64. The second-order valence-corrected chi connectivity index (χ2v) is 19.9. The van der Waals surface area contributed by atoms with Crippen LogP contribution >= 0.6 is 22.9 Å².